The van der Waals surface area contributed by atoms with Gasteiger partial charge >= 0.3 is 6.09 Å². The standard InChI is InChI=1S/C29H33Cl2N3O4/c1-15(35)20-14-32-24-8-6-16(17-11-22(30)27(36)23(31)12-17)10-19(24)26(20)33-18-7-9-25(34(5)28(37)38)21(13-18)29(2,3)4/h6,8,10-12,14,18,21,25,36H,7,9,13H2,1-5H3,(H,32,33)(H,37,38)/t18-,21?,25-/m1/s1. The fourth-order valence-electron chi connectivity index (χ4n) is 5.55. The summed E-state index contributed by atoms with van der Waals surface area (Å²) < 4.78 is 0. The number of hydrogen-bond acceptors (Lipinski definition) is 5. The second-order valence-electron chi connectivity index (χ2n) is 11.2. The first-order chi connectivity index (χ1) is 17.8. The van der Waals surface area contributed by atoms with Gasteiger partial charge in [-0.15, -0.1) is 0 Å². The molecule has 1 aliphatic rings. The third-order valence-corrected chi connectivity index (χ3v) is 8.25. The van der Waals surface area contributed by atoms with Gasteiger partial charge in [0.05, 0.1) is 26.8 Å². The summed E-state index contributed by atoms with van der Waals surface area (Å²) in [5.74, 6) is -0.145. The average Bonchev–Trinajstić information content (AvgIpc) is 2.85. The highest BCUT2D eigenvalue weighted by atomic mass is 35.5. The largest absolute Gasteiger partial charge is 0.505 e. The number of hydrogen-bond donors (Lipinski definition) is 3. The van der Waals surface area contributed by atoms with Gasteiger partial charge < -0.3 is 20.4 Å². The van der Waals surface area contributed by atoms with E-state index in [1.165, 1.54) is 11.8 Å². The Bertz CT molecular complexity index is 1380. The molecule has 4 rings (SSSR count). The zero-order chi connectivity index (χ0) is 27.9. The van der Waals surface area contributed by atoms with Crippen LogP contribution in [-0.4, -0.2) is 51.1 Å². The van der Waals surface area contributed by atoms with Crippen LogP contribution < -0.4 is 5.32 Å². The maximum Gasteiger partial charge on any atom is 0.407 e. The number of aromatic nitrogens is 1. The summed E-state index contributed by atoms with van der Waals surface area (Å²) in [6, 6.07) is 8.98. The molecule has 0 aliphatic heterocycles. The zero-order valence-electron chi connectivity index (χ0n) is 22.2. The highest BCUT2D eigenvalue weighted by molar-refractivity contribution is 6.37. The number of anilines is 1. The lowest BCUT2D eigenvalue weighted by molar-refractivity contribution is 0.0517. The Balaban J connectivity index is 1.76. The van der Waals surface area contributed by atoms with E-state index in [-0.39, 0.29) is 45.0 Å². The number of nitrogens with zero attached hydrogens (tertiary/aromatic N) is 2. The molecule has 38 heavy (non-hydrogen) atoms. The number of halogens is 2. The van der Waals surface area contributed by atoms with E-state index in [1.54, 1.807) is 25.4 Å². The van der Waals surface area contributed by atoms with Crippen LogP contribution in [0.2, 0.25) is 10.0 Å². The van der Waals surface area contributed by atoms with Crippen LogP contribution in [0.1, 0.15) is 57.3 Å². The summed E-state index contributed by atoms with van der Waals surface area (Å²) in [5, 5.41) is 24.4. The fourth-order valence-corrected chi connectivity index (χ4v) is 6.04. The molecule has 3 aromatic rings. The van der Waals surface area contributed by atoms with Crippen molar-refractivity contribution in [3.63, 3.8) is 0 Å². The van der Waals surface area contributed by atoms with Gasteiger partial charge in [-0.2, -0.15) is 0 Å². The predicted molar refractivity (Wildman–Crippen MR) is 153 cm³/mol. The number of carbonyl (C=O) groups is 2. The van der Waals surface area contributed by atoms with Gasteiger partial charge in [-0.3, -0.25) is 9.78 Å². The predicted octanol–water partition coefficient (Wildman–Crippen LogP) is 7.72. The minimum Gasteiger partial charge on any atom is -0.505 e. The number of benzene rings is 2. The maximum absolute atomic E-state index is 12.7. The summed E-state index contributed by atoms with van der Waals surface area (Å²) >= 11 is 12.3. The highest BCUT2D eigenvalue weighted by Gasteiger charge is 2.41. The van der Waals surface area contributed by atoms with Crippen LogP contribution in [0.25, 0.3) is 22.0 Å². The molecule has 3 atom stereocenters. The topological polar surface area (TPSA) is 103 Å². The molecule has 0 radical (unpaired) electrons. The number of pyridine rings is 1. The monoisotopic (exact) mass is 557 g/mol. The summed E-state index contributed by atoms with van der Waals surface area (Å²) in [6.45, 7) is 7.96. The molecule has 1 aromatic heterocycles. The number of nitrogens with one attached hydrogen (secondary N) is 1. The van der Waals surface area contributed by atoms with Gasteiger partial charge in [0.1, 0.15) is 0 Å². The fraction of sp³-hybridized carbons (Fsp3) is 0.414. The quantitative estimate of drug-likeness (QED) is 0.277. The van der Waals surface area contributed by atoms with Crippen LogP contribution in [-0.2, 0) is 0 Å². The van der Waals surface area contributed by atoms with E-state index in [4.69, 9.17) is 23.2 Å². The van der Waals surface area contributed by atoms with E-state index in [0.717, 1.165) is 41.3 Å². The van der Waals surface area contributed by atoms with Crippen LogP contribution in [0.15, 0.2) is 36.5 Å². The number of amides is 1. The Morgan fingerprint density at radius 2 is 1.74 bits per heavy atom. The highest BCUT2D eigenvalue weighted by Crippen LogP contribution is 2.42. The second-order valence-corrected chi connectivity index (χ2v) is 12.0. The number of fused-ring (bicyclic) bond motifs is 1. The second kappa shape index (κ2) is 10.6. The molecule has 202 valence electrons. The number of phenols is 1. The third-order valence-electron chi connectivity index (χ3n) is 7.67. The molecule has 1 heterocycles. The molecule has 9 heteroatoms. The van der Waals surface area contributed by atoms with E-state index >= 15 is 0 Å². The van der Waals surface area contributed by atoms with Crippen molar-refractivity contribution in [2.75, 3.05) is 12.4 Å². The number of ketones is 1. The van der Waals surface area contributed by atoms with Crippen molar-refractivity contribution in [3.8, 4) is 16.9 Å². The zero-order valence-corrected chi connectivity index (χ0v) is 23.7. The molecule has 1 aliphatic carbocycles. The van der Waals surface area contributed by atoms with Crippen LogP contribution in [0, 0.1) is 11.3 Å². The molecule has 3 N–H and O–H groups in total. The summed E-state index contributed by atoms with van der Waals surface area (Å²) in [6.07, 6.45) is 2.92. The lowest BCUT2D eigenvalue weighted by atomic mass is 9.67. The molecule has 0 saturated heterocycles. The van der Waals surface area contributed by atoms with E-state index < -0.39 is 6.09 Å². The number of aromatic hydroxyl groups is 1. The van der Waals surface area contributed by atoms with Crippen LogP contribution in [0.3, 0.4) is 0 Å². The Labute approximate surface area is 232 Å². The van der Waals surface area contributed by atoms with E-state index in [0.29, 0.717) is 11.3 Å². The van der Waals surface area contributed by atoms with E-state index in [9.17, 15) is 19.8 Å². The van der Waals surface area contributed by atoms with Crippen LogP contribution in [0.5, 0.6) is 5.75 Å². The Morgan fingerprint density at radius 3 is 2.32 bits per heavy atom. The van der Waals surface area contributed by atoms with Crippen molar-refractivity contribution in [1.82, 2.24) is 9.88 Å². The molecule has 2 aromatic carbocycles. The number of carbonyl (C=O) groups excluding carboxylic acids is 1. The molecular weight excluding hydrogens is 525 g/mol. The molecule has 0 bridgehead atoms. The minimum atomic E-state index is -0.920. The van der Waals surface area contributed by atoms with Gasteiger partial charge in [0.2, 0.25) is 0 Å². The van der Waals surface area contributed by atoms with Gasteiger partial charge in [-0.25, -0.2) is 4.79 Å². The lowest BCUT2D eigenvalue weighted by Gasteiger charge is -2.46. The Morgan fingerprint density at radius 1 is 1.08 bits per heavy atom. The molecule has 1 saturated carbocycles. The molecular formula is C29H33Cl2N3O4. The molecule has 0 spiro atoms. The van der Waals surface area contributed by atoms with Gasteiger partial charge in [0, 0.05) is 30.7 Å². The van der Waals surface area contributed by atoms with Crippen molar-refractivity contribution < 1.29 is 19.8 Å². The van der Waals surface area contributed by atoms with Crippen LogP contribution >= 0.6 is 23.2 Å². The Kier molecular flexibility index (Phi) is 7.82. The Hall–Kier alpha value is -3.03. The van der Waals surface area contributed by atoms with E-state index in [1.807, 2.05) is 18.2 Å². The summed E-state index contributed by atoms with van der Waals surface area (Å²) in [7, 11) is 1.65. The first kappa shape index (κ1) is 28.0. The van der Waals surface area contributed by atoms with Crippen molar-refractivity contribution in [2.24, 2.45) is 11.3 Å². The third kappa shape index (κ3) is 5.54. The summed E-state index contributed by atoms with van der Waals surface area (Å²) in [5.41, 5.74) is 3.36. The SMILES string of the molecule is CC(=O)c1cnc2ccc(-c3cc(Cl)c(O)c(Cl)c3)cc2c1N[C@@H]1CC[C@@H](N(C)C(=O)O)C(C(C)(C)C)C1. The molecule has 7 nitrogen and oxygen atoms in total. The van der Waals surface area contributed by atoms with Crippen LogP contribution in [0.4, 0.5) is 10.5 Å². The maximum atomic E-state index is 12.7. The first-order valence-electron chi connectivity index (χ1n) is 12.6. The summed E-state index contributed by atoms with van der Waals surface area (Å²) in [4.78, 5) is 30.4. The number of phenolic OH excluding ortho intramolecular Hbond substituents is 1. The molecule has 1 amide bonds. The number of rotatable bonds is 5. The van der Waals surface area contributed by atoms with Gasteiger partial charge in [-0.05, 0) is 72.9 Å². The number of Topliss-reactive ketones (excluding diaryl/α,β-unsaturated/α-hetero) is 1. The van der Waals surface area contributed by atoms with Crippen molar-refractivity contribution in [2.45, 2.75) is 59.0 Å². The van der Waals surface area contributed by atoms with Gasteiger partial charge in [0.15, 0.2) is 11.5 Å². The lowest BCUT2D eigenvalue weighted by Crippen LogP contribution is -2.50. The van der Waals surface area contributed by atoms with Gasteiger partial charge in [0.25, 0.3) is 0 Å². The van der Waals surface area contributed by atoms with Crippen molar-refractivity contribution >= 4 is 51.7 Å². The minimum absolute atomic E-state index is 0.0441. The van der Waals surface area contributed by atoms with Crippen molar-refractivity contribution in [1.29, 1.82) is 0 Å². The first-order valence-corrected chi connectivity index (χ1v) is 13.4. The smallest absolute Gasteiger partial charge is 0.407 e. The van der Waals surface area contributed by atoms with Crippen molar-refractivity contribution in [3.05, 3.63) is 52.1 Å². The van der Waals surface area contributed by atoms with Gasteiger partial charge in [-0.1, -0.05) is 50.0 Å². The average molecular weight is 559 g/mol. The normalized spacial score (nSPS) is 19.8. The molecule has 1 fully saturated rings. The van der Waals surface area contributed by atoms with E-state index in [2.05, 4.69) is 31.1 Å². The molecule has 1 unspecified atom stereocenters. The number of carboxylic acid groups (broad SMARTS) is 1.